The van der Waals surface area contributed by atoms with E-state index >= 15 is 0 Å². The van der Waals surface area contributed by atoms with Crippen LogP contribution in [0.2, 0.25) is 0 Å². The molecule has 108 valence electrons. The average molecular weight is 308 g/mol. The number of benzene rings is 1. The van der Waals surface area contributed by atoms with Crippen molar-refractivity contribution < 1.29 is 9.90 Å². The number of thiazole rings is 1. The number of carbonyl (C=O) groups is 1. The molecule has 2 heterocycles. The van der Waals surface area contributed by atoms with Gasteiger partial charge in [-0.05, 0) is 29.8 Å². The van der Waals surface area contributed by atoms with Gasteiger partial charge in [-0.2, -0.15) is 0 Å². The summed E-state index contributed by atoms with van der Waals surface area (Å²) in [6.07, 6.45) is 7.38. The van der Waals surface area contributed by atoms with Gasteiger partial charge in [0.15, 0.2) is 0 Å². The van der Waals surface area contributed by atoms with Gasteiger partial charge in [-0.15, -0.1) is 11.3 Å². The molecule has 1 N–H and O–H groups in total. The predicted octanol–water partition coefficient (Wildman–Crippen LogP) is 4.07. The average Bonchev–Trinajstić information content (AvgIpc) is 3.03. The van der Waals surface area contributed by atoms with Crippen molar-refractivity contribution in [3.63, 3.8) is 0 Å². The molecule has 2 aromatic heterocycles. The van der Waals surface area contributed by atoms with E-state index in [-0.39, 0.29) is 5.56 Å². The summed E-state index contributed by atoms with van der Waals surface area (Å²) in [7, 11) is 0. The van der Waals surface area contributed by atoms with Crippen molar-refractivity contribution >= 4 is 29.5 Å². The summed E-state index contributed by atoms with van der Waals surface area (Å²) >= 11 is 1.51. The standard InChI is InChI=1S/C17H12N2O2S/c20-17(21)14-5-1-4-13(9-14)15-11-22-16(19-15)7-6-12-3-2-8-18-10-12/h1-11H,(H,20,21). The van der Waals surface area contributed by atoms with Gasteiger partial charge in [-0.25, -0.2) is 9.78 Å². The molecule has 0 aliphatic rings. The molecule has 1 aromatic carbocycles. The summed E-state index contributed by atoms with van der Waals surface area (Å²) in [5.41, 5.74) is 2.85. The van der Waals surface area contributed by atoms with Crippen LogP contribution in [0.3, 0.4) is 0 Å². The second kappa shape index (κ2) is 6.32. The Morgan fingerprint density at radius 2 is 2.09 bits per heavy atom. The Morgan fingerprint density at radius 3 is 2.86 bits per heavy atom. The predicted molar refractivity (Wildman–Crippen MR) is 87.7 cm³/mol. The lowest BCUT2D eigenvalue weighted by Gasteiger charge is -1.98. The van der Waals surface area contributed by atoms with Gasteiger partial charge < -0.3 is 5.11 Å². The third kappa shape index (κ3) is 3.27. The van der Waals surface area contributed by atoms with Gasteiger partial charge >= 0.3 is 5.97 Å². The van der Waals surface area contributed by atoms with Crippen LogP contribution in [0.15, 0.2) is 54.2 Å². The Balaban J connectivity index is 1.83. The Labute approximate surface area is 131 Å². The molecule has 0 atom stereocenters. The third-order valence-electron chi connectivity index (χ3n) is 3.03. The maximum atomic E-state index is 11.0. The summed E-state index contributed by atoms with van der Waals surface area (Å²) in [4.78, 5) is 19.6. The molecule has 0 unspecified atom stereocenters. The Hall–Kier alpha value is -2.79. The summed E-state index contributed by atoms with van der Waals surface area (Å²) in [5, 5.41) is 11.8. The van der Waals surface area contributed by atoms with Crippen LogP contribution in [-0.2, 0) is 0 Å². The van der Waals surface area contributed by atoms with E-state index in [0.29, 0.717) is 0 Å². The second-order valence-corrected chi connectivity index (χ2v) is 5.47. The first-order chi connectivity index (χ1) is 10.7. The molecule has 4 nitrogen and oxygen atoms in total. The largest absolute Gasteiger partial charge is 0.478 e. The van der Waals surface area contributed by atoms with Gasteiger partial charge in [0.05, 0.1) is 11.3 Å². The van der Waals surface area contributed by atoms with Crippen LogP contribution in [0.25, 0.3) is 23.4 Å². The lowest BCUT2D eigenvalue weighted by molar-refractivity contribution is 0.0697. The van der Waals surface area contributed by atoms with Gasteiger partial charge in [-0.1, -0.05) is 24.3 Å². The number of pyridine rings is 1. The molecular formula is C17H12N2O2S. The van der Waals surface area contributed by atoms with Crippen LogP contribution in [0.1, 0.15) is 20.9 Å². The van der Waals surface area contributed by atoms with E-state index in [4.69, 9.17) is 5.11 Å². The van der Waals surface area contributed by atoms with Gasteiger partial charge in [0.25, 0.3) is 0 Å². The van der Waals surface area contributed by atoms with Crippen LogP contribution < -0.4 is 0 Å². The monoisotopic (exact) mass is 308 g/mol. The minimum atomic E-state index is -0.936. The zero-order valence-electron chi connectivity index (χ0n) is 11.5. The number of hydrogen-bond donors (Lipinski definition) is 1. The third-order valence-corrected chi connectivity index (χ3v) is 3.84. The number of nitrogens with zero attached hydrogens (tertiary/aromatic N) is 2. The van der Waals surface area contributed by atoms with Crippen LogP contribution in [0.5, 0.6) is 0 Å². The highest BCUT2D eigenvalue weighted by Gasteiger charge is 2.07. The normalized spacial score (nSPS) is 10.9. The minimum absolute atomic E-state index is 0.262. The Kier molecular flexibility index (Phi) is 4.07. The van der Waals surface area contributed by atoms with Crippen LogP contribution >= 0.6 is 11.3 Å². The van der Waals surface area contributed by atoms with Crippen molar-refractivity contribution in [1.29, 1.82) is 0 Å². The molecule has 3 aromatic rings. The van der Waals surface area contributed by atoms with Gasteiger partial charge in [0, 0.05) is 23.3 Å². The molecule has 3 rings (SSSR count). The molecule has 0 fully saturated rings. The Bertz CT molecular complexity index is 825. The van der Waals surface area contributed by atoms with Crippen molar-refractivity contribution in [2.45, 2.75) is 0 Å². The fraction of sp³-hybridized carbons (Fsp3) is 0. The number of hydrogen-bond acceptors (Lipinski definition) is 4. The molecule has 5 heteroatoms. The summed E-state index contributed by atoms with van der Waals surface area (Å²) in [6.45, 7) is 0. The zero-order valence-corrected chi connectivity index (χ0v) is 12.3. The van der Waals surface area contributed by atoms with Crippen molar-refractivity contribution in [3.8, 4) is 11.3 Å². The van der Waals surface area contributed by atoms with E-state index in [1.807, 2.05) is 35.7 Å². The van der Waals surface area contributed by atoms with Crippen LogP contribution in [0.4, 0.5) is 0 Å². The van der Waals surface area contributed by atoms with E-state index in [1.165, 1.54) is 11.3 Å². The quantitative estimate of drug-likeness (QED) is 0.789. The first-order valence-corrected chi connectivity index (χ1v) is 7.48. The lowest BCUT2D eigenvalue weighted by Crippen LogP contribution is -1.95. The van der Waals surface area contributed by atoms with E-state index in [2.05, 4.69) is 9.97 Å². The fourth-order valence-corrected chi connectivity index (χ4v) is 2.67. The van der Waals surface area contributed by atoms with Gasteiger partial charge in [-0.3, -0.25) is 4.98 Å². The number of aromatic nitrogens is 2. The first kappa shape index (κ1) is 14.2. The van der Waals surface area contributed by atoms with Gasteiger partial charge in [0.1, 0.15) is 5.01 Å². The molecule has 0 saturated heterocycles. The summed E-state index contributed by atoms with van der Waals surface area (Å²) < 4.78 is 0. The van der Waals surface area contributed by atoms with Crippen LogP contribution in [0, 0.1) is 0 Å². The second-order valence-electron chi connectivity index (χ2n) is 4.58. The first-order valence-electron chi connectivity index (χ1n) is 6.60. The molecule has 0 aliphatic carbocycles. The maximum Gasteiger partial charge on any atom is 0.335 e. The molecule has 0 amide bonds. The number of aromatic carboxylic acids is 1. The molecule has 0 bridgehead atoms. The molecule has 22 heavy (non-hydrogen) atoms. The molecule has 0 radical (unpaired) electrons. The zero-order chi connectivity index (χ0) is 15.4. The highest BCUT2D eigenvalue weighted by atomic mass is 32.1. The maximum absolute atomic E-state index is 11.0. The van der Waals surface area contributed by atoms with Crippen molar-refractivity contribution in [2.24, 2.45) is 0 Å². The Morgan fingerprint density at radius 1 is 1.18 bits per heavy atom. The van der Waals surface area contributed by atoms with Crippen molar-refractivity contribution in [1.82, 2.24) is 9.97 Å². The van der Waals surface area contributed by atoms with Crippen molar-refractivity contribution in [2.75, 3.05) is 0 Å². The number of carboxylic acids is 1. The fourth-order valence-electron chi connectivity index (χ4n) is 1.95. The molecular weight excluding hydrogens is 296 g/mol. The van der Waals surface area contributed by atoms with E-state index in [0.717, 1.165) is 21.8 Å². The van der Waals surface area contributed by atoms with E-state index in [1.54, 1.807) is 30.6 Å². The lowest BCUT2D eigenvalue weighted by atomic mass is 10.1. The van der Waals surface area contributed by atoms with E-state index < -0.39 is 5.97 Å². The van der Waals surface area contributed by atoms with Gasteiger partial charge in [0.2, 0.25) is 0 Å². The highest BCUT2D eigenvalue weighted by Crippen LogP contribution is 2.24. The van der Waals surface area contributed by atoms with Crippen molar-refractivity contribution in [3.05, 3.63) is 70.3 Å². The topological polar surface area (TPSA) is 63.1 Å². The summed E-state index contributed by atoms with van der Waals surface area (Å²) in [5.74, 6) is -0.936. The minimum Gasteiger partial charge on any atom is -0.478 e. The molecule has 0 spiro atoms. The molecule has 0 saturated carbocycles. The number of rotatable bonds is 4. The summed E-state index contributed by atoms with van der Waals surface area (Å²) in [6, 6.07) is 10.6. The number of carboxylic acid groups (broad SMARTS) is 1. The molecule has 0 aliphatic heterocycles. The SMILES string of the molecule is O=C(O)c1cccc(-c2csc(C=Cc3cccnc3)n2)c1. The van der Waals surface area contributed by atoms with E-state index in [9.17, 15) is 4.79 Å². The smallest absolute Gasteiger partial charge is 0.335 e. The highest BCUT2D eigenvalue weighted by molar-refractivity contribution is 7.10. The van der Waals surface area contributed by atoms with Crippen LogP contribution in [-0.4, -0.2) is 21.0 Å².